The van der Waals surface area contributed by atoms with Crippen LogP contribution in [0.3, 0.4) is 0 Å². The highest BCUT2D eigenvalue weighted by Crippen LogP contribution is 2.09. The molecule has 5 nitrogen and oxygen atoms in total. The molecule has 2 aromatic rings. The van der Waals surface area contributed by atoms with E-state index in [-0.39, 0.29) is 6.61 Å². The van der Waals surface area contributed by atoms with Gasteiger partial charge in [-0.1, -0.05) is 42.5 Å². The Balaban J connectivity index is 1.64. The number of hydrogen-bond donors (Lipinski definition) is 2. The van der Waals surface area contributed by atoms with Crippen molar-refractivity contribution in [2.24, 2.45) is 0 Å². The van der Waals surface area contributed by atoms with Crippen LogP contribution in [-0.2, 0) is 11.3 Å². The number of amides is 1. The van der Waals surface area contributed by atoms with E-state index in [1.807, 2.05) is 54.6 Å². The zero-order chi connectivity index (χ0) is 15.6. The summed E-state index contributed by atoms with van der Waals surface area (Å²) in [5.41, 5.74) is 7.56. The lowest BCUT2D eigenvalue weighted by Crippen LogP contribution is -2.24. The molecular weight excluding hydrogens is 278 g/mol. The second kappa shape index (κ2) is 8.46. The topological polar surface area (TPSA) is 77.2 Å². The lowest BCUT2D eigenvalue weighted by atomic mass is 10.2. The Bertz CT molecular complexity index is 627. The van der Waals surface area contributed by atoms with Crippen molar-refractivity contribution in [2.75, 3.05) is 12.3 Å². The predicted molar refractivity (Wildman–Crippen MR) is 86.9 cm³/mol. The third-order valence-electron chi connectivity index (χ3n) is 2.96. The highest BCUT2D eigenvalue weighted by atomic mass is 16.5. The number of ether oxygens (including phenoxy) is 1. The van der Waals surface area contributed by atoms with Gasteiger partial charge in [-0.3, -0.25) is 0 Å². The Hall–Kier alpha value is -2.82. The number of aromatic nitrogens is 1. The summed E-state index contributed by atoms with van der Waals surface area (Å²) >= 11 is 0. The molecule has 2 rings (SSSR count). The van der Waals surface area contributed by atoms with Gasteiger partial charge in [0.15, 0.2) is 0 Å². The Kier molecular flexibility index (Phi) is 5.99. The summed E-state index contributed by atoms with van der Waals surface area (Å²) in [6, 6.07) is 13.3. The minimum absolute atomic E-state index is 0.273. The molecule has 114 valence electrons. The first kappa shape index (κ1) is 15.6. The summed E-state index contributed by atoms with van der Waals surface area (Å²) < 4.78 is 5.11. The van der Waals surface area contributed by atoms with Crippen LogP contribution in [0.5, 0.6) is 0 Å². The van der Waals surface area contributed by atoms with Crippen LogP contribution in [0.25, 0.3) is 6.08 Å². The molecule has 1 aromatic carbocycles. The highest BCUT2D eigenvalue weighted by Gasteiger charge is 2.00. The van der Waals surface area contributed by atoms with Gasteiger partial charge in [0.25, 0.3) is 0 Å². The molecule has 5 heteroatoms. The second-order valence-electron chi connectivity index (χ2n) is 4.66. The first-order valence-electron chi connectivity index (χ1n) is 7.07. The molecule has 0 unspecified atom stereocenters. The highest BCUT2D eigenvalue weighted by molar-refractivity contribution is 5.67. The van der Waals surface area contributed by atoms with E-state index in [9.17, 15) is 4.79 Å². The molecule has 1 heterocycles. The fourth-order valence-electron chi connectivity index (χ4n) is 1.81. The third kappa shape index (κ3) is 5.28. The molecule has 1 amide bonds. The van der Waals surface area contributed by atoms with Crippen LogP contribution in [0.4, 0.5) is 10.6 Å². The number of alkyl carbamates (subject to hydrolysis) is 1. The second-order valence-corrected chi connectivity index (χ2v) is 4.66. The molecule has 0 spiro atoms. The van der Waals surface area contributed by atoms with Crippen LogP contribution in [0.2, 0.25) is 0 Å². The Morgan fingerprint density at radius 3 is 2.82 bits per heavy atom. The number of nitrogen functional groups attached to an aromatic ring is 1. The van der Waals surface area contributed by atoms with Crippen LogP contribution >= 0.6 is 0 Å². The van der Waals surface area contributed by atoms with Gasteiger partial charge in [-0.2, -0.15) is 0 Å². The molecule has 1 aromatic heterocycles. The van der Waals surface area contributed by atoms with Gasteiger partial charge < -0.3 is 15.8 Å². The largest absolute Gasteiger partial charge is 0.445 e. The zero-order valence-corrected chi connectivity index (χ0v) is 12.2. The van der Waals surface area contributed by atoms with Gasteiger partial charge in [-0.05, 0) is 24.1 Å². The maximum absolute atomic E-state index is 11.5. The van der Waals surface area contributed by atoms with Crippen molar-refractivity contribution >= 4 is 18.0 Å². The molecule has 0 atom stereocenters. The van der Waals surface area contributed by atoms with Gasteiger partial charge in [-0.15, -0.1) is 0 Å². The smallest absolute Gasteiger partial charge is 0.407 e. The first-order valence-corrected chi connectivity index (χ1v) is 7.07. The molecule has 0 fully saturated rings. The van der Waals surface area contributed by atoms with Crippen LogP contribution in [-0.4, -0.2) is 17.6 Å². The molecule has 0 saturated heterocycles. The lowest BCUT2D eigenvalue weighted by Gasteiger charge is -2.05. The predicted octanol–water partition coefficient (Wildman–Crippen LogP) is 2.99. The molecule has 0 aliphatic carbocycles. The van der Waals surface area contributed by atoms with E-state index in [1.54, 1.807) is 6.20 Å². The Labute approximate surface area is 129 Å². The van der Waals surface area contributed by atoms with Crippen molar-refractivity contribution in [3.63, 3.8) is 0 Å². The maximum atomic E-state index is 11.5. The Morgan fingerprint density at radius 2 is 2.05 bits per heavy atom. The number of anilines is 1. The molecule has 22 heavy (non-hydrogen) atoms. The quantitative estimate of drug-likeness (QED) is 0.804. The van der Waals surface area contributed by atoms with Crippen LogP contribution in [0.1, 0.15) is 17.5 Å². The van der Waals surface area contributed by atoms with E-state index >= 15 is 0 Å². The summed E-state index contributed by atoms with van der Waals surface area (Å²) in [6.45, 7) is 0.777. The van der Waals surface area contributed by atoms with Crippen LogP contribution in [0, 0.1) is 0 Å². The summed E-state index contributed by atoms with van der Waals surface area (Å²) in [5, 5.41) is 2.69. The van der Waals surface area contributed by atoms with Crippen molar-refractivity contribution < 1.29 is 9.53 Å². The number of pyridine rings is 1. The number of nitrogens with one attached hydrogen (secondary N) is 1. The molecule has 0 radical (unpaired) electrons. The van der Waals surface area contributed by atoms with Crippen molar-refractivity contribution in [1.82, 2.24) is 10.3 Å². The summed E-state index contributed by atoms with van der Waals surface area (Å²) in [7, 11) is 0. The van der Waals surface area contributed by atoms with Gasteiger partial charge >= 0.3 is 6.09 Å². The third-order valence-corrected chi connectivity index (χ3v) is 2.96. The standard InChI is InChI=1S/C17H19N3O2/c18-16-15(10-6-12-19-16)9-4-5-11-20-17(21)22-13-14-7-2-1-3-8-14/h1-4,6-10,12H,5,11,13H2,(H2,18,19)(H,20,21). The number of carbonyl (C=O) groups excluding carboxylic acids is 1. The molecule has 0 bridgehead atoms. The molecule has 0 aliphatic rings. The van der Waals surface area contributed by atoms with Gasteiger partial charge in [-0.25, -0.2) is 9.78 Å². The molecular formula is C17H19N3O2. The summed E-state index contributed by atoms with van der Waals surface area (Å²) in [5.74, 6) is 0.494. The lowest BCUT2D eigenvalue weighted by molar-refractivity contribution is 0.140. The van der Waals surface area contributed by atoms with E-state index in [2.05, 4.69) is 10.3 Å². The monoisotopic (exact) mass is 297 g/mol. The molecule has 3 N–H and O–H groups in total. The fraction of sp³-hybridized carbons (Fsp3) is 0.176. The SMILES string of the molecule is Nc1ncccc1C=CCCNC(=O)OCc1ccccc1. The van der Waals surface area contributed by atoms with Crippen molar-refractivity contribution in [2.45, 2.75) is 13.0 Å². The molecule has 0 saturated carbocycles. The van der Waals surface area contributed by atoms with E-state index < -0.39 is 6.09 Å². The fourth-order valence-corrected chi connectivity index (χ4v) is 1.81. The normalized spacial score (nSPS) is 10.5. The minimum Gasteiger partial charge on any atom is -0.445 e. The van der Waals surface area contributed by atoms with Gasteiger partial charge in [0.1, 0.15) is 12.4 Å². The molecule has 0 aliphatic heterocycles. The number of nitrogens with two attached hydrogens (primary N) is 1. The van der Waals surface area contributed by atoms with Crippen LogP contribution in [0.15, 0.2) is 54.7 Å². The maximum Gasteiger partial charge on any atom is 0.407 e. The van der Waals surface area contributed by atoms with Crippen molar-refractivity contribution in [3.05, 3.63) is 65.9 Å². The van der Waals surface area contributed by atoms with Crippen molar-refractivity contribution in [3.8, 4) is 0 Å². The van der Waals surface area contributed by atoms with Crippen LogP contribution < -0.4 is 11.1 Å². The summed E-state index contributed by atoms with van der Waals surface area (Å²) in [4.78, 5) is 15.5. The number of hydrogen-bond acceptors (Lipinski definition) is 4. The zero-order valence-electron chi connectivity index (χ0n) is 12.2. The first-order chi connectivity index (χ1) is 10.8. The average Bonchev–Trinajstić information content (AvgIpc) is 2.55. The minimum atomic E-state index is -0.418. The average molecular weight is 297 g/mol. The van der Waals surface area contributed by atoms with E-state index in [0.717, 1.165) is 11.1 Å². The van der Waals surface area contributed by atoms with Gasteiger partial charge in [0, 0.05) is 18.3 Å². The Morgan fingerprint density at radius 1 is 1.23 bits per heavy atom. The number of benzene rings is 1. The van der Waals surface area contributed by atoms with Crippen molar-refractivity contribution in [1.29, 1.82) is 0 Å². The van der Waals surface area contributed by atoms with Gasteiger partial charge in [0.2, 0.25) is 0 Å². The number of nitrogens with zero attached hydrogens (tertiary/aromatic N) is 1. The van der Waals surface area contributed by atoms with E-state index in [1.165, 1.54) is 0 Å². The van der Waals surface area contributed by atoms with Gasteiger partial charge in [0.05, 0.1) is 0 Å². The van der Waals surface area contributed by atoms with E-state index in [4.69, 9.17) is 10.5 Å². The number of rotatable bonds is 6. The summed E-state index contributed by atoms with van der Waals surface area (Å²) in [6.07, 6.45) is 5.74. The number of carbonyl (C=O) groups is 1. The van der Waals surface area contributed by atoms with E-state index in [0.29, 0.717) is 18.8 Å².